The molecule has 3 rings (SSSR count). The lowest BCUT2D eigenvalue weighted by Gasteiger charge is -2.21. The van der Waals surface area contributed by atoms with Gasteiger partial charge in [-0.05, 0) is 50.5 Å². The molecule has 2 aliphatic rings. The fourth-order valence-electron chi connectivity index (χ4n) is 3.50. The molecule has 28 heavy (non-hydrogen) atoms. The zero-order valence-electron chi connectivity index (χ0n) is 16.4. The molecule has 1 amide bonds. The number of aromatic hydroxyl groups is 1. The van der Waals surface area contributed by atoms with Crippen molar-refractivity contribution >= 4 is 18.0 Å². The van der Waals surface area contributed by atoms with Crippen LogP contribution in [0.4, 0.5) is 0 Å². The van der Waals surface area contributed by atoms with E-state index >= 15 is 0 Å². The van der Waals surface area contributed by atoms with Crippen LogP contribution in [-0.4, -0.2) is 54.9 Å². The second-order valence-corrected chi connectivity index (χ2v) is 6.72. The highest BCUT2D eigenvalue weighted by Crippen LogP contribution is 2.34. The highest BCUT2D eigenvalue weighted by molar-refractivity contribution is 6.16. The Morgan fingerprint density at radius 1 is 1.43 bits per heavy atom. The van der Waals surface area contributed by atoms with Gasteiger partial charge in [-0.3, -0.25) is 4.79 Å². The van der Waals surface area contributed by atoms with Gasteiger partial charge in [0.1, 0.15) is 0 Å². The third-order valence-corrected chi connectivity index (χ3v) is 4.91. The predicted molar refractivity (Wildman–Crippen MR) is 103 cm³/mol. The first-order valence-corrected chi connectivity index (χ1v) is 9.36. The molecule has 2 aliphatic heterocycles. The van der Waals surface area contributed by atoms with Gasteiger partial charge >= 0.3 is 5.97 Å². The van der Waals surface area contributed by atoms with Gasteiger partial charge in [-0.25, -0.2) is 4.79 Å². The Morgan fingerprint density at radius 3 is 2.86 bits per heavy atom. The number of carbonyl (C=O) groups is 2. The summed E-state index contributed by atoms with van der Waals surface area (Å²) in [7, 11) is 1.29. The largest absolute Gasteiger partial charge is 0.504 e. The summed E-state index contributed by atoms with van der Waals surface area (Å²) in [5.41, 5.74) is 1.70. The molecule has 0 spiro atoms. The topological polar surface area (TPSA) is 85.3 Å². The van der Waals surface area contributed by atoms with Gasteiger partial charge in [-0.15, -0.1) is 0 Å². The molecular weight excluding hydrogens is 362 g/mol. The zero-order valence-corrected chi connectivity index (χ0v) is 16.4. The summed E-state index contributed by atoms with van der Waals surface area (Å²) in [5, 5.41) is 9.88. The van der Waals surface area contributed by atoms with E-state index in [1.165, 1.54) is 13.2 Å². The minimum atomic E-state index is -0.559. The van der Waals surface area contributed by atoms with Crippen LogP contribution in [0.3, 0.4) is 0 Å². The standard InChI is InChI=1S/C21H25NO6/c1-4-27-18-11-14(7-8-17(18)23)10-16-19(21(25)26-3)13(2)22(20(16)24)12-15-6-5-9-28-15/h7-8,10-11,15,23H,4-6,9,12H2,1-3H3/b16-10-/t15-/m1/s1. The van der Waals surface area contributed by atoms with Crippen molar-refractivity contribution in [2.24, 2.45) is 0 Å². The van der Waals surface area contributed by atoms with Crippen molar-refractivity contribution in [1.82, 2.24) is 4.90 Å². The Morgan fingerprint density at radius 2 is 2.21 bits per heavy atom. The number of nitrogens with zero attached hydrogens (tertiary/aromatic N) is 1. The third-order valence-electron chi connectivity index (χ3n) is 4.91. The van der Waals surface area contributed by atoms with Gasteiger partial charge in [0.2, 0.25) is 0 Å². The normalized spacial score (nSPS) is 21.0. The van der Waals surface area contributed by atoms with E-state index in [1.807, 2.05) is 6.92 Å². The van der Waals surface area contributed by atoms with Crippen molar-refractivity contribution in [2.45, 2.75) is 32.8 Å². The number of phenols is 1. The van der Waals surface area contributed by atoms with Gasteiger partial charge in [-0.2, -0.15) is 0 Å². The molecule has 0 bridgehead atoms. The molecule has 1 aromatic rings. The van der Waals surface area contributed by atoms with Crippen LogP contribution < -0.4 is 4.74 Å². The maximum absolute atomic E-state index is 13.1. The monoisotopic (exact) mass is 387 g/mol. The second-order valence-electron chi connectivity index (χ2n) is 6.72. The Bertz CT molecular complexity index is 835. The first-order chi connectivity index (χ1) is 13.5. The number of hydrogen-bond acceptors (Lipinski definition) is 6. The number of methoxy groups -OCH3 is 1. The summed E-state index contributed by atoms with van der Waals surface area (Å²) in [6.45, 7) is 5.05. The molecular formula is C21H25NO6. The number of ether oxygens (including phenoxy) is 3. The molecule has 0 unspecified atom stereocenters. The van der Waals surface area contributed by atoms with Crippen LogP contribution in [-0.2, 0) is 19.1 Å². The molecule has 0 aliphatic carbocycles. The van der Waals surface area contributed by atoms with E-state index in [-0.39, 0.29) is 28.9 Å². The van der Waals surface area contributed by atoms with E-state index in [9.17, 15) is 14.7 Å². The molecule has 1 saturated heterocycles. The predicted octanol–water partition coefficient (Wildman–Crippen LogP) is 2.64. The summed E-state index contributed by atoms with van der Waals surface area (Å²) in [4.78, 5) is 27.1. The molecule has 2 heterocycles. The summed E-state index contributed by atoms with van der Waals surface area (Å²) in [5.74, 6) is -0.490. The molecule has 150 valence electrons. The quantitative estimate of drug-likeness (QED) is 0.597. The first kappa shape index (κ1) is 19.9. The van der Waals surface area contributed by atoms with E-state index in [0.29, 0.717) is 36.8 Å². The molecule has 1 fully saturated rings. The first-order valence-electron chi connectivity index (χ1n) is 9.36. The number of carbonyl (C=O) groups excluding carboxylic acids is 2. The summed E-state index contributed by atoms with van der Waals surface area (Å²) >= 11 is 0. The highest BCUT2D eigenvalue weighted by atomic mass is 16.5. The molecule has 0 saturated carbocycles. The van der Waals surface area contributed by atoms with Gasteiger partial charge in [0.15, 0.2) is 11.5 Å². The molecule has 7 heteroatoms. The molecule has 0 radical (unpaired) electrons. The summed E-state index contributed by atoms with van der Waals surface area (Å²) < 4.78 is 16.0. The minimum absolute atomic E-state index is 0.0154. The number of phenolic OH excluding ortho intramolecular Hbond substituents is 1. The van der Waals surface area contributed by atoms with Gasteiger partial charge < -0.3 is 24.2 Å². The number of allylic oxidation sites excluding steroid dienone is 1. The van der Waals surface area contributed by atoms with Crippen LogP contribution in [0.1, 0.15) is 32.3 Å². The van der Waals surface area contributed by atoms with Gasteiger partial charge in [-0.1, -0.05) is 6.07 Å². The highest BCUT2D eigenvalue weighted by Gasteiger charge is 2.38. The number of amides is 1. The van der Waals surface area contributed by atoms with Crippen LogP contribution in [0.2, 0.25) is 0 Å². The van der Waals surface area contributed by atoms with Crippen molar-refractivity contribution in [3.8, 4) is 11.5 Å². The van der Waals surface area contributed by atoms with E-state index < -0.39 is 5.97 Å². The van der Waals surface area contributed by atoms with Crippen molar-refractivity contribution in [1.29, 1.82) is 0 Å². The summed E-state index contributed by atoms with van der Waals surface area (Å²) in [6, 6.07) is 4.78. The van der Waals surface area contributed by atoms with E-state index in [1.54, 1.807) is 30.0 Å². The van der Waals surface area contributed by atoms with Crippen molar-refractivity contribution in [3.05, 3.63) is 40.6 Å². The molecule has 7 nitrogen and oxygen atoms in total. The molecule has 1 aromatic carbocycles. The van der Waals surface area contributed by atoms with Crippen LogP contribution in [0.5, 0.6) is 11.5 Å². The minimum Gasteiger partial charge on any atom is -0.504 e. The van der Waals surface area contributed by atoms with Crippen LogP contribution in [0.15, 0.2) is 35.0 Å². The Hall–Kier alpha value is -2.80. The number of esters is 1. The number of benzene rings is 1. The lowest BCUT2D eigenvalue weighted by atomic mass is 10.0. The summed E-state index contributed by atoms with van der Waals surface area (Å²) in [6.07, 6.45) is 3.44. The van der Waals surface area contributed by atoms with Gasteiger partial charge in [0.25, 0.3) is 5.91 Å². The number of rotatable bonds is 6. The maximum Gasteiger partial charge on any atom is 0.340 e. The maximum atomic E-state index is 13.1. The van der Waals surface area contributed by atoms with Gasteiger partial charge in [0.05, 0.1) is 37.5 Å². The molecule has 0 aromatic heterocycles. The lowest BCUT2D eigenvalue weighted by Crippen LogP contribution is -2.33. The average molecular weight is 387 g/mol. The fourth-order valence-corrected chi connectivity index (χ4v) is 3.50. The molecule has 1 N–H and O–H groups in total. The van der Waals surface area contributed by atoms with Crippen LogP contribution in [0, 0.1) is 0 Å². The SMILES string of the molecule is CCOc1cc(/C=C2\C(=O)N(C[C@H]3CCCO3)C(C)=C2C(=O)OC)ccc1O. The Balaban J connectivity index is 1.98. The zero-order chi connectivity index (χ0) is 20.3. The Kier molecular flexibility index (Phi) is 6.04. The Labute approximate surface area is 164 Å². The van der Waals surface area contributed by atoms with Crippen LogP contribution in [0.25, 0.3) is 6.08 Å². The van der Waals surface area contributed by atoms with Crippen molar-refractivity contribution in [3.63, 3.8) is 0 Å². The second kappa shape index (κ2) is 8.48. The van der Waals surface area contributed by atoms with Crippen molar-refractivity contribution in [2.75, 3.05) is 26.9 Å². The third kappa shape index (κ3) is 3.89. The smallest absolute Gasteiger partial charge is 0.340 e. The lowest BCUT2D eigenvalue weighted by molar-refractivity contribution is -0.136. The molecule has 1 atom stereocenters. The van der Waals surface area contributed by atoms with Gasteiger partial charge in [0, 0.05) is 12.3 Å². The van der Waals surface area contributed by atoms with E-state index in [0.717, 1.165) is 12.8 Å². The van der Waals surface area contributed by atoms with E-state index in [2.05, 4.69) is 0 Å². The van der Waals surface area contributed by atoms with Crippen molar-refractivity contribution < 1.29 is 28.9 Å². The average Bonchev–Trinajstić information content (AvgIpc) is 3.27. The van der Waals surface area contributed by atoms with Crippen LogP contribution >= 0.6 is 0 Å². The van der Waals surface area contributed by atoms with E-state index in [4.69, 9.17) is 14.2 Å². The number of hydrogen-bond donors (Lipinski definition) is 1. The fraction of sp³-hybridized carbons (Fsp3) is 0.429.